The van der Waals surface area contributed by atoms with Crippen LogP contribution in [0.4, 0.5) is 21.6 Å². The summed E-state index contributed by atoms with van der Waals surface area (Å²) in [4.78, 5) is 31.1. The topological polar surface area (TPSA) is 106 Å². The molecule has 5 rings (SSSR count). The van der Waals surface area contributed by atoms with Crippen LogP contribution in [-0.2, 0) is 17.2 Å². The largest absolute Gasteiger partial charge is 0.377 e. The number of anilines is 3. The van der Waals surface area contributed by atoms with Crippen LogP contribution < -0.4 is 21.6 Å². The van der Waals surface area contributed by atoms with Crippen LogP contribution in [0, 0.1) is 5.82 Å². The molecule has 3 aromatic carbocycles. The molecule has 10 heteroatoms. The SMILES string of the molecule is Cn1cc(-c2cccc(NC(=O)c3ccc(C(C)(C)C)cc3)c2F)nc(N(c2ccccc2)N2CCOCC2N)c1=O. The van der Waals surface area contributed by atoms with E-state index in [1.165, 1.54) is 16.8 Å². The second kappa shape index (κ2) is 11.8. The third kappa shape index (κ3) is 5.96. The normalized spacial score (nSPS) is 15.8. The van der Waals surface area contributed by atoms with Gasteiger partial charge in [0.15, 0.2) is 5.82 Å². The molecule has 0 saturated carbocycles. The maximum atomic E-state index is 16.0. The van der Waals surface area contributed by atoms with Crippen molar-refractivity contribution >= 4 is 23.1 Å². The van der Waals surface area contributed by atoms with Crippen molar-refractivity contribution in [1.82, 2.24) is 14.6 Å². The zero-order chi connectivity index (χ0) is 30.0. The molecule has 42 heavy (non-hydrogen) atoms. The van der Waals surface area contributed by atoms with Crippen LogP contribution in [0.2, 0.25) is 0 Å². The average molecular weight is 571 g/mol. The maximum Gasteiger partial charge on any atom is 0.295 e. The van der Waals surface area contributed by atoms with Gasteiger partial charge in [0.1, 0.15) is 6.17 Å². The van der Waals surface area contributed by atoms with Crippen molar-refractivity contribution in [2.75, 3.05) is 30.1 Å². The van der Waals surface area contributed by atoms with E-state index in [0.29, 0.717) is 24.4 Å². The molecular formula is C32H35FN6O3. The number of halogens is 1. The zero-order valence-electron chi connectivity index (χ0n) is 24.2. The molecule has 1 aliphatic rings. The quantitative estimate of drug-likeness (QED) is 0.343. The highest BCUT2D eigenvalue weighted by molar-refractivity contribution is 6.04. The number of carbonyl (C=O) groups is 1. The summed E-state index contributed by atoms with van der Waals surface area (Å²) in [6.07, 6.45) is 0.950. The van der Waals surface area contributed by atoms with Crippen LogP contribution in [0.25, 0.3) is 11.3 Å². The van der Waals surface area contributed by atoms with Gasteiger partial charge in [0.25, 0.3) is 11.5 Å². The van der Waals surface area contributed by atoms with Crippen molar-refractivity contribution in [2.24, 2.45) is 12.8 Å². The number of hydrogen-bond donors (Lipinski definition) is 2. The monoisotopic (exact) mass is 570 g/mol. The number of benzene rings is 3. The predicted molar refractivity (Wildman–Crippen MR) is 162 cm³/mol. The Morgan fingerprint density at radius 2 is 1.79 bits per heavy atom. The first-order chi connectivity index (χ1) is 20.0. The van der Waals surface area contributed by atoms with Gasteiger partial charge in [-0.15, -0.1) is 0 Å². The van der Waals surface area contributed by atoms with Gasteiger partial charge in [-0.2, -0.15) is 5.01 Å². The van der Waals surface area contributed by atoms with E-state index in [0.717, 1.165) is 5.56 Å². The molecule has 0 spiro atoms. The van der Waals surface area contributed by atoms with E-state index in [4.69, 9.17) is 10.5 Å². The van der Waals surface area contributed by atoms with E-state index in [1.54, 1.807) is 36.3 Å². The first-order valence-electron chi connectivity index (χ1n) is 13.8. The van der Waals surface area contributed by atoms with Crippen molar-refractivity contribution in [3.8, 4) is 11.3 Å². The Kier molecular flexibility index (Phi) is 8.22. The fraction of sp³-hybridized carbons (Fsp3) is 0.281. The number of aromatic nitrogens is 2. The van der Waals surface area contributed by atoms with Crippen molar-refractivity contribution in [2.45, 2.75) is 32.4 Å². The van der Waals surface area contributed by atoms with Gasteiger partial charge in [0, 0.05) is 30.9 Å². The summed E-state index contributed by atoms with van der Waals surface area (Å²) in [5, 5.41) is 6.18. The number of hydrazine groups is 1. The van der Waals surface area contributed by atoms with Crippen molar-refractivity contribution < 1.29 is 13.9 Å². The molecule has 2 heterocycles. The molecule has 1 unspecified atom stereocenters. The van der Waals surface area contributed by atoms with E-state index in [-0.39, 0.29) is 40.3 Å². The molecule has 1 aromatic heterocycles. The lowest BCUT2D eigenvalue weighted by Crippen LogP contribution is -2.58. The number of carbonyl (C=O) groups excluding carboxylic acids is 1. The van der Waals surface area contributed by atoms with Crippen LogP contribution >= 0.6 is 0 Å². The lowest BCUT2D eigenvalue weighted by Gasteiger charge is -2.41. The number of hydrogen-bond acceptors (Lipinski definition) is 7. The minimum absolute atomic E-state index is 0.00437. The van der Waals surface area contributed by atoms with Gasteiger partial charge in [0.05, 0.1) is 30.3 Å². The summed E-state index contributed by atoms with van der Waals surface area (Å²) in [6.45, 7) is 7.41. The molecule has 3 N–H and O–H groups in total. The standard InChI is InChI=1S/C32H35FN6O3/c1-32(2,3)22-15-13-21(14-16-22)30(40)36-25-12-8-11-24(28(25)33)26-19-37(4)31(41)29(35-26)39(23-9-6-5-7-10-23)38-17-18-42-20-27(38)34/h5-16,19,27H,17-18,20,34H2,1-4H3,(H,36,40). The molecule has 0 bridgehead atoms. The first-order valence-corrected chi connectivity index (χ1v) is 13.8. The van der Waals surface area contributed by atoms with Crippen molar-refractivity contribution in [3.63, 3.8) is 0 Å². The molecule has 218 valence electrons. The fourth-order valence-corrected chi connectivity index (χ4v) is 4.82. The van der Waals surface area contributed by atoms with E-state index in [9.17, 15) is 9.59 Å². The highest BCUT2D eigenvalue weighted by atomic mass is 19.1. The van der Waals surface area contributed by atoms with Gasteiger partial charge in [-0.3, -0.25) is 14.6 Å². The highest BCUT2D eigenvalue weighted by Crippen LogP contribution is 2.30. The lowest BCUT2D eigenvalue weighted by atomic mass is 9.87. The number of nitrogens with two attached hydrogens (primary N) is 1. The van der Waals surface area contributed by atoms with E-state index < -0.39 is 17.9 Å². The molecule has 9 nitrogen and oxygen atoms in total. The number of para-hydroxylation sites is 1. The molecule has 0 radical (unpaired) electrons. The molecule has 1 saturated heterocycles. The van der Waals surface area contributed by atoms with E-state index in [2.05, 4.69) is 31.1 Å². The predicted octanol–water partition coefficient (Wildman–Crippen LogP) is 4.81. The molecule has 1 aliphatic heterocycles. The van der Waals surface area contributed by atoms with E-state index in [1.807, 2.05) is 47.5 Å². The van der Waals surface area contributed by atoms with Crippen LogP contribution in [0.15, 0.2) is 83.8 Å². The van der Waals surface area contributed by atoms with E-state index >= 15 is 4.39 Å². The summed E-state index contributed by atoms with van der Waals surface area (Å²) >= 11 is 0. The summed E-state index contributed by atoms with van der Waals surface area (Å²) in [5.41, 5.74) is 8.48. The van der Waals surface area contributed by atoms with Gasteiger partial charge in [-0.1, -0.05) is 57.2 Å². The first kappa shape index (κ1) is 29.1. The third-order valence-corrected chi connectivity index (χ3v) is 7.18. The van der Waals surface area contributed by atoms with Gasteiger partial charge >= 0.3 is 0 Å². The number of morpholine rings is 1. The number of nitrogens with one attached hydrogen (secondary N) is 1. The van der Waals surface area contributed by atoms with Gasteiger partial charge in [-0.25, -0.2) is 9.37 Å². The Hall–Kier alpha value is -4.38. The minimum Gasteiger partial charge on any atom is -0.377 e. The zero-order valence-corrected chi connectivity index (χ0v) is 24.2. The van der Waals surface area contributed by atoms with Crippen LogP contribution in [0.1, 0.15) is 36.7 Å². The molecule has 1 amide bonds. The van der Waals surface area contributed by atoms with Crippen LogP contribution in [0.3, 0.4) is 0 Å². The van der Waals surface area contributed by atoms with Crippen LogP contribution in [0.5, 0.6) is 0 Å². The average Bonchev–Trinajstić information content (AvgIpc) is 2.97. The third-order valence-electron chi connectivity index (χ3n) is 7.18. The van der Waals surface area contributed by atoms with Gasteiger partial charge < -0.3 is 20.4 Å². The number of amides is 1. The Labute approximate surface area is 244 Å². The lowest BCUT2D eigenvalue weighted by molar-refractivity contribution is -0.00549. The summed E-state index contributed by atoms with van der Waals surface area (Å²) in [7, 11) is 1.59. The molecule has 1 atom stereocenters. The van der Waals surface area contributed by atoms with Gasteiger partial charge in [0.2, 0.25) is 5.82 Å². The van der Waals surface area contributed by atoms with Crippen molar-refractivity contribution in [3.05, 3.63) is 106 Å². The second-order valence-electron chi connectivity index (χ2n) is 11.3. The molecule has 1 fully saturated rings. The number of nitrogens with zero attached hydrogens (tertiary/aromatic N) is 4. The van der Waals surface area contributed by atoms with Crippen molar-refractivity contribution in [1.29, 1.82) is 0 Å². The number of rotatable bonds is 6. The number of aryl methyl sites for hydroxylation is 1. The summed E-state index contributed by atoms with van der Waals surface area (Å²) in [6, 6.07) is 21.2. The summed E-state index contributed by atoms with van der Waals surface area (Å²) < 4.78 is 22.8. The Bertz CT molecular complexity index is 1630. The number of ether oxygens (including phenoxy) is 1. The molecule has 4 aromatic rings. The Balaban J connectivity index is 1.52. The van der Waals surface area contributed by atoms with Crippen LogP contribution in [-0.4, -0.2) is 46.4 Å². The Morgan fingerprint density at radius 1 is 1.07 bits per heavy atom. The smallest absolute Gasteiger partial charge is 0.295 e. The summed E-state index contributed by atoms with van der Waals surface area (Å²) in [5.74, 6) is -1.04. The highest BCUT2D eigenvalue weighted by Gasteiger charge is 2.30. The minimum atomic E-state index is -0.663. The molecular weight excluding hydrogens is 535 g/mol. The maximum absolute atomic E-state index is 16.0. The second-order valence-corrected chi connectivity index (χ2v) is 11.3. The fourth-order valence-electron chi connectivity index (χ4n) is 4.82. The van der Waals surface area contributed by atoms with Gasteiger partial charge in [-0.05, 0) is 47.4 Å². The Morgan fingerprint density at radius 3 is 2.45 bits per heavy atom. The molecule has 0 aliphatic carbocycles.